The molecule has 0 aliphatic rings. The molecule has 0 amide bonds. The van der Waals surface area contributed by atoms with E-state index in [9.17, 15) is 24.3 Å². The van der Waals surface area contributed by atoms with Crippen molar-refractivity contribution in [2.75, 3.05) is 13.2 Å². The standard InChI is InChI=1S/C30H47NO9/c1-5-8-11-14-25(32)39-23-17-16-22(19-24(23)40-26(33)15-12-9-6-2)27(28(31)29(34)35)21(4)20-38-30(36)37-18-13-10-7-3/h16-17,19,21,27-28H,5-15,18,20,31H2,1-4H3,(H,34,35)/t21?,27?,28-/m0/s1. The number of rotatable bonds is 20. The topological polar surface area (TPSA) is 151 Å². The first kappa shape index (κ1) is 34.9. The van der Waals surface area contributed by atoms with Crippen LogP contribution in [0.25, 0.3) is 0 Å². The monoisotopic (exact) mass is 565 g/mol. The van der Waals surface area contributed by atoms with E-state index in [0.717, 1.165) is 44.9 Å². The van der Waals surface area contributed by atoms with Crippen LogP contribution in [0.1, 0.15) is 110 Å². The fraction of sp³-hybridized carbons (Fsp3) is 0.667. The number of hydrogen-bond acceptors (Lipinski definition) is 9. The number of benzene rings is 1. The van der Waals surface area contributed by atoms with Crippen LogP contribution in [0.2, 0.25) is 0 Å². The molecule has 0 saturated heterocycles. The van der Waals surface area contributed by atoms with Crippen molar-refractivity contribution >= 4 is 24.1 Å². The Morgan fingerprint density at radius 1 is 0.800 bits per heavy atom. The minimum absolute atomic E-state index is 0.00822. The van der Waals surface area contributed by atoms with Gasteiger partial charge in [-0.15, -0.1) is 0 Å². The van der Waals surface area contributed by atoms with E-state index in [1.165, 1.54) is 12.1 Å². The highest BCUT2D eigenvalue weighted by Crippen LogP contribution is 2.36. The molecule has 40 heavy (non-hydrogen) atoms. The van der Waals surface area contributed by atoms with Gasteiger partial charge < -0.3 is 29.8 Å². The SMILES string of the molecule is CCCCCOC(=O)OCC(C)C(c1ccc(OC(=O)CCCCC)c(OC(=O)CCCCC)c1)[C@H](N)C(=O)O. The summed E-state index contributed by atoms with van der Waals surface area (Å²) in [4.78, 5) is 48.8. The number of unbranched alkanes of at least 4 members (excludes halogenated alkanes) is 6. The number of carboxylic acids is 1. The Bertz CT molecular complexity index is 934. The summed E-state index contributed by atoms with van der Waals surface area (Å²) in [7, 11) is 0. The van der Waals surface area contributed by atoms with Gasteiger partial charge in [0, 0.05) is 18.8 Å². The van der Waals surface area contributed by atoms with Crippen LogP contribution in [0.3, 0.4) is 0 Å². The molecule has 0 saturated carbocycles. The van der Waals surface area contributed by atoms with Gasteiger partial charge in [0.1, 0.15) is 6.04 Å². The van der Waals surface area contributed by atoms with Crippen molar-refractivity contribution in [3.05, 3.63) is 23.8 Å². The van der Waals surface area contributed by atoms with Crippen LogP contribution in [0.4, 0.5) is 4.79 Å². The molecule has 2 unspecified atom stereocenters. The number of carbonyl (C=O) groups is 4. The molecule has 0 aromatic heterocycles. The molecule has 0 fully saturated rings. The minimum atomic E-state index is -1.35. The fourth-order valence-corrected chi connectivity index (χ4v) is 4.18. The molecule has 1 aromatic carbocycles. The Morgan fingerprint density at radius 3 is 1.90 bits per heavy atom. The average molecular weight is 566 g/mol. The van der Waals surface area contributed by atoms with Crippen molar-refractivity contribution in [2.45, 2.75) is 110 Å². The molecule has 1 rings (SSSR count). The second kappa shape index (κ2) is 19.8. The molecule has 0 radical (unpaired) electrons. The van der Waals surface area contributed by atoms with Gasteiger partial charge in [-0.25, -0.2) is 4.79 Å². The quantitative estimate of drug-likeness (QED) is 0.107. The Morgan fingerprint density at radius 2 is 1.35 bits per heavy atom. The maximum atomic E-state index is 12.5. The number of aliphatic carboxylic acids is 1. The molecular weight excluding hydrogens is 518 g/mol. The Hall–Kier alpha value is -3.14. The van der Waals surface area contributed by atoms with Crippen LogP contribution >= 0.6 is 0 Å². The Balaban J connectivity index is 3.18. The molecular formula is C30H47NO9. The summed E-state index contributed by atoms with van der Waals surface area (Å²) in [6, 6.07) is 3.17. The van der Waals surface area contributed by atoms with Crippen LogP contribution in [0.15, 0.2) is 18.2 Å². The first-order chi connectivity index (χ1) is 19.1. The number of esters is 2. The molecule has 0 aliphatic heterocycles. The van der Waals surface area contributed by atoms with E-state index in [0.29, 0.717) is 18.4 Å². The van der Waals surface area contributed by atoms with Crippen LogP contribution < -0.4 is 15.2 Å². The highest BCUT2D eigenvalue weighted by atomic mass is 16.7. The fourth-order valence-electron chi connectivity index (χ4n) is 4.18. The lowest BCUT2D eigenvalue weighted by molar-refractivity contribution is -0.139. The van der Waals surface area contributed by atoms with E-state index in [4.69, 9.17) is 24.7 Å². The molecule has 10 nitrogen and oxygen atoms in total. The van der Waals surface area contributed by atoms with Gasteiger partial charge in [0.15, 0.2) is 11.5 Å². The van der Waals surface area contributed by atoms with Crippen molar-refractivity contribution in [3.8, 4) is 11.5 Å². The second-order valence-electron chi connectivity index (χ2n) is 10.1. The number of hydrogen-bond donors (Lipinski definition) is 2. The zero-order chi connectivity index (χ0) is 29.9. The molecule has 10 heteroatoms. The van der Waals surface area contributed by atoms with Crippen molar-refractivity contribution in [2.24, 2.45) is 11.7 Å². The third-order valence-corrected chi connectivity index (χ3v) is 6.49. The predicted molar refractivity (Wildman–Crippen MR) is 150 cm³/mol. The van der Waals surface area contributed by atoms with E-state index in [1.54, 1.807) is 13.0 Å². The average Bonchev–Trinajstić information content (AvgIpc) is 2.91. The summed E-state index contributed by atoms with van der Waals surface area (Å²) in [6.07, 6.45) is 7.16. The van der Waals surface area contributed by atoms with Crippen molar-refractivity contribution < 1.29 is 43.2 Å². The first-order valence-electron chi connectivity index (χ1n) is 14.5. The van der Waals surface area contributed by atoms with Crippen LogP contribution in [0.5, 0.6) is 11.5 Å². The maximum absolute atomic E-state index is 12.5. The van der Waals surface area contributed by atoms with Gasteiger partial charge in [0.25, 0.3) is 0 Å². The number of carboxylic acid groups (broad SMARTS) is 1. The highest BCUT2D eigenvalue weighted by Gasteiger charge is 2.33. The summed E-state index contributed by atoms with van der Waals surface area (Å²) in [5, 5.41) is 9.71. The van der Waals surface area contributed by atoms with Crippen molar-refractivity contribution in [3.63, 3.8) is 0 Å². The molecule has 0 spiro atoms. The molecule has 0 aliphatic carbocycles. The van der Waals surface area contributed by atoms with E-state index in [1.807, 2.05) is 20.8 Å². The van der Waals surface area contributed by atoms with Crippen molar-refractivity contribution in [1.29, 1.82) is 0 Å². The van der Waals surface area contributed by atoms with Gasteiger partial charge in [-0.2, -0.15) is 0 Å². The smallest absolute Gasteiger partial charge is 0.480 e. The lowest BCUT2D eigenvalue weighted by atomic mass is 9.82. The summed E-state index contributed by atoms with van der Waals surface area (Å²) in [5.41, 5.74) is 6.50. The number of carbonyl (C=O) groups excluding carboxylic acids is 3. The van der Waals surface area contributed by atoms with Crippen LogP contribution in [-0.4, -0.2) is 48.4 Å². The minimum Gasteiger partial charge on any atom is -0.480 e. The zero-order valence-electron chi connectivity index (χ0n) is 24.4. The summed E-state index contributed by atoms with van der Waals surface area (Å²) in [5.74, 6) is -3.48. The summed E-state index contributed by atoms with van der Waals surface area (Å²) >= 11 is 0. The second-order valence-corrected chi connectivity index (χ2v) is 10.1. The largest absolute Gasteiger partial charge is 0.508 e. The van der Waals surface area contributed by atoms with E-state index in [2.05, 4.69) is 0 Å². The molecule has 3 atom stereocenters. The lowest BCUT2D eigenvalue weighted by Gasteiger charge is -2.28. The molecule has 3 N–H and O–H groups in total. The van der Waals surface area contributed by atoms with Gasteiger partial charge in [-0.3, -0.25) is 14.4 Å². The predicted octanol–water partition coefficient (Wildman–Crippen LogP) is 6.13. The van der Waals surface area contributed by atoms with Gasteiger partial charge >= 0.3 is 24.1 Å². The van der Waals surface area contributed by atoms with Gasteiger partial charge in [-0.1, -0.05) is 72.3 Å². The van der Waals surface area contributed by atoms with E-state index in [-0.39, 0.29) is 37.6 Å². The first-order valence-corrected chi connectivity index (χ1v) is 14.5. The van der Waals surface area contributed by atoms with Gasteiger partial charge in [0.05, 0.1) is 13.2 Å². The summed E-state index contributed by atoms with van der Waals surface area (Å²) < 4.78 is 21.4. The molecule has 0 heterocycles. The van der Waals surface area contributed by atoms with Crippen LogP contribution in [-0.2, 0) is 23.9 Å². The summed E-state index contributed by atoms with van der Waals surface area (Å²) in [6.45, 7) is 7.89. The molecule has 226 valence electrons. The number of nitrogens with two attached hydrogens (primary N) is 1. The molecule has 0 bridgehead atoms. The van der Waals surface area contributed by atoms with E-state index >= 15 is 0 Å². The molecule has 1 aromatic rings. The maximum Gasteiger partial charge on any atom is 0.508 e. The zero-order valence-corrected chi connectivity index (χ0v) is 24.4. The highest BCUT2D eigenvalue weighted by molar-refractivity contribution is 5.77. The van der Waals surface area contributed by atoms with Gasteiger partial charge in [0.2, 0.25) is 0 Å². The van der Waals surface area contributed by atoms with E-state index < -0.39 is 41.9 Å². The lowest BCUT2D eigenvalue weighted by Crippen LogP contribution is -2.40. The van der Waals surface area contributed by atoms with Gasteiger partial charge in [-0.05, 0) is 42.9 Å². The van der Waals surface area contributed by atoms with Crippen LogP contribution in [0, 0.1) is 5.92 Å². The normalized spacial score (nSPS) is 13.1. The Kier molecular flexibility index (Phi) is 17.3. The van der Waals surface area contributed by atoms with Crippen molar-refractivity contribution in [1.82, 2.24) is 0 Å². The third-order valence-electron chi connectivity index (χ3n) is 6.49. The third kappa shape index (κ3) is 13.3. The Labute approximate surface area is 237 Å². The number of ether oxygens (including phenoxy) is 4.